The molecule has 4 fully saturated rings. The Bertz CT molecular complexity index is 1130. The minimum Gasteiger partial charge on any atom is -0.379 e. The molecule has 7 nitrogen and oxygen atoms in total. The zero-order valence-electron chi connectivity index (χ0n) is 22.3. The van der Waals surface area contributed by atoms with Crippen molar-refractivity contribution in [2.45, 2.75) is 101 Å². The van der Waals surface area contributed by atoms with Gasteiger partial charge in [-0.25, -0.2) is 5.01 Å². The number of amides is 3. The lowest BCUT2D eigenvalue weighted by atomic mass is 9.75. The number of alkyl halides is 3. The SMILES string of the molecule is O=C1c2cccc(NC3(CCC4CC4)CCC(N4CCC(C(F)(F)F)C4)CC3)c2CN1N1C(=O)CCCC1=O. The van der Waals surface area contributed by atoms with Crippen molar-refractivity contribution in [1.29, 1.82) is 0 Å². The van der Waals surface area contributed by atoms with Crippen LogP contribution in [0.5, 0.6) is 0 Å². The molecule has 1 atom stereocenters. The number of hydrogen-bond acceptors (Lipinski definition) is 5. The van der Waals surface area contributed by atoms with Gasteiger partial charge in [0.15, 0.2) is 0 Å². The molecule has 0 aromatic heterocycles. The van der Waals surface area contributed by atoms with Gasteiger partial charge in [0.25, 0.3) is 5.91 Å². The van der Waals surface area contributed by atoms with E-state index in [1.807, 2.05) is 17.0 Å². The first-order valence-corrected chi connectivity index (χ1v) is 14.5. The first-order valence-electron chi connectivity index (χ1n) is 14.5. The van der Waals surface area contributed by atoms with Crippen molar-refractivity contribution in [2.75, 3.05) is 18.4 Å². The van der Waals surface area contributed by atoms with Gasteiger partial charge in [0.2, 0.25) is 11.8 Å². The highest BCUT2D eigenvalue weighted by atomic mass is 19.4. The van der Waals surface area contributed by atoms with Gasteiger partial charge < -0.3 is 5.32 Å². The topological polar surface area (TPSA) is 73.0 Å². The second-order valence-electron chi connectivity index (χ2n) is 12.3. The molecule has 2 saturated carbocycles. The number of anilines is 1. The molecule has 0 radical (unpaired) electrons. The lowest BCUT2D eigenvalue weighted by Crippen LogP contribution is -2.52. The molecule has 1 N–H and O–H groups in total. The van der Waals surface area contributed by atoms with Gasteiger partial charge in [0, 0.05) is 47.8 Å². The summed E-state index contributed by atoms with van der Waals surface area (Å²) in [6.45, 7) is 0.785. The number of carbonyl (C=O) groups is 3. The van der Waals surface area contributed by atoms with Gasteiger partial charge >= 0.3 is 6.18 Å². The molecule has 1 aromatic carbocycles. The first-order chi connectivity index (χ1) is 18.6. The normalized spacial score (nSPS) is 30.3. The number of halogens is 3. The Balaban J connectivity index is 1.18. The van der Waals surface area contributed by atoms with E-state index >= 15 is 0 Å². The summed E-state index contributed by atoms with van der Waals surface area (Å²) in [5, 5.41) is 6.15. The summed E-state index contributed by atoms with van der Waals surface area (Å²) in [6, 6.07) is 5.72. The third kappa shape index (κ3) is 5.28. The number of nitrogens with one attached hydrogen (secondary N) is 1. The molecule has 39 heavy (non-hydrogen) atoms. The van der Waals surface area contributed by atoms with Crippen LogP contribution in [0, 0.1) is 11.8 Å². The van der Waals surface area contributed by atoms with E-state index in [1.54, 1.807) is 6.07 Å². The van der Waals surface area contributed by atoms with E-state index < -0.39 is 12.1 Å². The molecule has 0 bridgehead atoms. The van der Waals surface area contributed by atoms with Crippen LogP contribution in [0.15, 0.2) is 18.2 Å². The highest BCUT2D eigenvalue weighted by molar-refractivity contribution is 6.05. The monoisotopic (exact) mass is 546 g/mol. The predicted octanol–water partition coefficient (Wildman–Crippen LogP) is 5.26. The summed E-state index contributed by atoms with van der Waals surface area (Å²) >= 11 is 0. The molecule has 1 unspecified atom stereocenters. The summed E-state index contributed by atoms with van der Waals surface area (Å²) in [4.78, 5) is 40.4. The minimum atomic E-state index is -4.12. The number of likely N-dealkylation sites (tertiary alicyclic amines) is 1. The molecule has 2 saturated heterocycles. The minimum absolute atomic E-state index is 0.106. The van der Waals surface area contributed by atoms with E-state index in [2.05, 4.69) is 5.32 Å². The van der Waals surface area contributed by atoms with Crippen molar-refractivity contribution in [3.63, 3.8) is 0 Å². The van der Waals surface area contributed by atoms with Crippen molar-refractivity contribution in [3.8, 4) is 0 Å². The summed E-state index contributed by atoms with van der Waals surface area (Å²) < 4.78 is 39.8. The maximum Gasteiger partial charge on any atom is 0.393 e. The van der Waals surface area contributed by atoms with Gasteiger partial charge in [-0.15, -0.1) is 0 Å². The fraction of sp³-hybridized carbons (Fsp3) is 0.690. The number of benzene rings is 1. The van der Waals surface area contributed by atoms with Gasteiger partial charge in [-0.05, 0) is 76.0 Å². The highest BCUT2D eigenvalue weighted by Gasteiger charge is 2.47. The van der Waals surface area contributed by atoms with Gasteiger partial charge in [-0.2, -0.15) is 18.2 Å². The largest absolute Gasteiger partial charge is 0.393 e. The zero-order valence-corrected chi connectivity index (χ0v) is 22.3. The Morgan fingerprint density at radius 2 is 1.69 bits per heavy atom. The number of rotatable bonds is 7. The van der Waals surface area contributed by atoms with Crippen LogP contribution in [0.25, 0.3) is 0 Å². The molecule has 3 heterocycles. The molecule has 2 aliphatic carbocycles. The van der Waals surface area contributed by atoms with Gasteiger partial charge in [-0.1, -0.05) is 18.9 Å². The lowest BCUT2D eigenvalue weighted by molar-refractivity contribution is -0.171. The first kappa shape index (κ1) is 26.6. The maximum absolute atomic E-state index is 13.3. The molecular weight excluding hydrogens is 509 g/mol. The summed E-state index contributed by atoms with van der Waals surface area (Å²) in [5.74, 6) is -1.47. The Labute approximate surface area is 227 Å². The number of carbonyl (C=O) groups excluding carboxylic acids is 3. The van der Waals surface area contributed by atoms with E-state index in [0.29, 0.717) is 18.5 Å². The highest BCUT2D eigenvalue weighted by Crippen LogP contribution is 2.44. The average molecular weight is 547 g/mol. The third-order valence-corrected chi connectivity index (χ3v) is 9.68. The third-order valence-electron chi connectivity index (χ3n) is 9.68. The van der Waals surface area contributed by atoms with Gasteiger partial charge in [0.05, 0.1) is 12.5 Å². The zero-order chi connectivity index (χ0) is 27.4. The smallest absolute Gasteiger partial charge is 0.379 e. The van der Waals surface area contributed by atoms with Crippen LogP contribution >= 0.6 is 0 Å². The van der Waals surface area contributed by atoms with Crippen LogP contribution in [-0.2, 0) is 16.1 Å². The Kier molecular flexibility index (Phi) is 6.88. The predicted molar refractivity (Wildman–Crippen MR) is 138 cm³/mol. The molecule has 212 valence electrons. The summed E-state index contributed by atoms with van der Waals surface area (Å²) in [7, 11) is 0. The Morgan fingerprint density at radius 3 is 2.33 bits per heavy atom. The number of fused-ring (bicyclic) bond motifs is 1. The molecule has 10 heteroatoms. The van der Waals surface area contributed by atoms with Crippen LogP contribution in [0.4, 0.5) is 18.9 Å². The van der Waals surface area contributed by atoms with Gasteiger partial charge in [0.1, 0.15) is 0 Å². The van der Waals surface area contributed by atoms with Gasteiger partial charge in [-0.3, -0.25) is 19.3 Å². The summed E-state index contributed by atoms with van der Waals surface area (Å²) in [6.07, 6.45) is 5.12. The van der Waals surface area contributed by atoms with Crippen LogP contribution in [-0.4, -0.2) is 63.5 Å². The van der Waals surface area contributed by atoms with Crippen molar-refractivity contribution in [3.05, 3.63) is 29.3 Å². The van der Waals surface area contributed by atoms with E-state index in [-0.39, 0.29) is 61.7 Å². The molecule has 3 aliphatic heterocycles. The molecule has 6 rings (SSSR count). The Hall–Kier alpha value is -2.62. The molecular formula is C29H37F3N4O3. The molecule has 5 aliphatic rings. The quantitative estimate of drug-likeness (QED) is 0.472. The number of imide groups is 1. The second-order valence-corrected chi connectivity index (χ2v) is 12.3. The Morgan fingerprint density at radius 1 is 0.974 bits per heavy atom. The molecule has 3 amide bonds. The fourth-order valence-electron chi connectivity index (χ4n) is 7.12. The number of hydrogen-bond donors (Lipinski definition) is 1. The number of hydrazine groups is 1. The standard InChI is InChI=1S/C29H37F3N4O3/c30-29(31,32)20-12-16-34(17-20)21-10-14-28(15-11-21,13-9-19-7-8-19)33-24-4-1-3-22-23(24)18-35(27(22)39)36-25(37)5-2-6-26(36)38/h1,3-4,19-21,33H,2,5-18H2. The van der Waals surface area contributed by atoms with Crippen LogP contribution < -0.4 is 5.32 Å². The van der Waals surface area contributed by atoms with Crippen molar-refractivity contribution < 1.29 is 27.6 Å². The van der Waals surface area contributed by atoms with Crippen molar-refractivity contribution in [1.82, 2.24) is 14.9 Å². The molecule has 1 aromatic rings. The fourth-order valence-corrected chi connectivity index (χ4v) is 7.12. The summed E-state index contributed by atoms with van der Waals surface area (Å²) in [5.41, 5.74) is 1.97. The van der Waals surface area contributed by atoms with E-state index in [4.69, 9.17) is 0 Å². The number of nitrogens with zero attached hydrogens (tertiary/aromatic N) is 3. The van der Waals surface area contributed by atoms with E-state index in [9.17, 15) is 27.6 Å². The van der Waals surface area contributed by atoms with Crippen LogP contribution in [0.1, 0.15) is 93.0 Å². The van der Waals surface area contributed by atoms with E-state index in [0.717, 1.165) is 60.7 Å². The van der Waals surface area contributed by atoms with Crippen molar-refractivity contribution >= 4 is 23.4 Å². The second kappa shape index (κ2) is 10.1. The van der Waals surface area contributed by atoms with E-state index in [1.165, 1.54) is 17.9 Å². The van der Waals surface area contributed by atoms with Crippen molar-refractivity contribution in [2.24, 2.45) is 11.8 Å². The maximum atomic E-state index is 13.3. The average Bonchev–Trinajstić information content (AvgIpc) is 3.48. The lowest BCUT2D eigenvalue weighted by Gasteiger charge is -2.44. The van der Waals surface area contributed by atoms with Crippen LogP contribution in [0.2, 0.25) is 0 Å². The van der Waals surface area contributed by atoms with Crippen LogP contribution in [0.3, 0.4) is 0 Å². The molecule has 0 spiro atoms. The number of piperidine rings is 1.